The van der Waals surface area contributed by atoms with E-state index in [2.05, 4.69) is 33.8 Å². The Bertz CT molecular complexity index is 3740. The van der Waals surface area contributed by atoms with Crippen molar-refractivity contribution in [3.05, 3.63) is 218 Å². The molecule has 0 fully saturated rings. The molecular weight excluding hydrogens is 745 g/mol. The van der Waals surface area contributed by atoms with Crippen LogP contribution in [0.1, 0.15) is 13.7 Å². The Kier molecular flexibility index (Phi) is 6.73. The molecule has 0 aliphatic rings. The second kappa shape index (κ2) is 15.4. The second-order valence-corrected chi connectivity index (χ2v) is 14.2. The van der Waals surface area contributed by atoms with Gasteiger partial charge in [0, 0.05) is 44.2 Å². The zero-order valence-electron chi connectivity index (χ0n) is 42.2. The summed E-state index contributed by atoms with van der Waals surface area (Å²) >= 11 is 0. The van der Waals surface area contributed by atoms with Crippen LogP contribution < -0.4 is 0 Å². The minimum Gasteiger partial charge on any atom is -0.308 e. The summed E-state index contributed by atoms with van der Waals surface area (Å²) in [4.78, 5) is 24.6. The van der Waals surface area contributed by atoms with E-state index in [0.29, 0.717) is 34.0 Å². The monoisotopic (exact) mass is 790 g/mol. The van der Waals surface area contributed by atoms with Gasteiger partial charge in [-0.25, -0.2) is 24.9 Å². The van der Waals surface area contributed by atoms with Crippen LogP contribution in [0.2, 0.25) is 0 Å². The molecule has 61 heavy (non-hydrogen) atoms. The van der Waals surface area contributed by atoms with Crippen molar-refractivity contribution in [1.29, 1.82) is 0 Å². The Morgan fingerprint density at radius 1 is 0.344 bits per heavy atom. The van der Waals surface area contributed by atoms with Crippen molar-refractivity contribution >= 4 is 21.8 Å². The van der Waals surface area contributed by atoms with E-state index in [1.165, 1.54) is 0 Å². The number of aromatic nitrogens is 6. The van der Waals surface area contributed by atoms with Gasteiger partial charge in [-0.3, -0.25) is 0 Å². The quantitative estimate of drug-likeness (QED) is 0.153. The third kappa shape index (κ3) is 6.72. The highest BCUT2D eigenvalue weighted by atomic mass is 15.1. The third-order valence-corrected chi connectivity index (χ3v) is 10.5. The molecule has 11 rings (SSSR count). The van der Waals surface area contributed by atoms with Crippen LogP contribution in [0.4, 0.5) is 0 Å². The minimum atomic E-state index is -0.637. The van der Waals surface area contributed by atoms with Gasteiger partial charge in [0.05, 0.1) is 41.8 Å². The molecule has 0 N–H and O–H groups in total. The normalized spacial score (nSPS) is 13.6. The molecule has 6 nitrogen and oxygen atoms in total. The van der Waals surface area contributed by atoms with Gasteiger partial charge in [0.1, 0.15) is 0 Å². The van der Waals surface area contributed by atoms with E-state index in [4.69, 9.17) is 33.6 Å². The van der Waals surface area contributed by atoms with Gasteiger partial charge >= 0.3 is 0 Å². The molecule has 0 bridgehead atoms. The first-order chi connectivity index (χ1) is 34.4. The van der Waals surface area contributed by atoms with Crippen LogP contribution in [-0.2, 0) is 0 Å². The number of fused-ring (bicyclic) bond motifs is 3. The van der Waals surface area contributed by atoms with E-state index < -0.39 is 60.4 Å². The van der Waals surface area contributed by atoms with Gasteiger partial charge in [0.2, 0.25) is 0 Å². The number of rotatable bonds is 8. The van der Waals surface area contributed by atoms with Crippen LogP contribution in [-0.4, -0.2) is 29.5 Å². The summed E-state index contributed by atoms with van der Waals surface area (Å²) in [5.41, 5.74) is 7.24. The van der Waals surface area contributed by atoms with Crippen molar-refractivity contribution in [1.82, 2.24) is 29.5 Å². The fourth-order valence-electron chi connectivity index (χ4n) is 7.72. The second-order valence-electron chi connectivity index (χ2n) is 14.2. The van der Waals surface area contributed by atoms with E-state index in [0.717, 1.165) is 44.1 Å². The molecule has 3 heterocycles. The van der Waals surface area contributed by atoms with Gasteiger partial charge in [-0.05, 0) is 41.5 Å². The van der Waals surface area contributed by atoms with Gasteiger partial charge in [0.15, 0.2) is 23.3 Å². The molecule has 3 aromatic heterocycles. The van der Waals surface area contributed by atoms with Crippen LogP contribution >= 0.6 is 0 Å². The van der Waals surface area contributed by atoms with Gasteiger partial charge in [-0.15, -0.1) is 0 Å². The summed E-state index contributed by atoms with van der Waals surface area (Å²) in [6.45, 7) is 0. The molecule has 0 amide bonds. The standard InChI is InChI=1S/C55H36N6/c1-6-19-37(20-7-1)43-30-18-32-50-51(43)44-29-16-17-31-48(44)61(50)49-34-33-42(47-36-46(38-21-8-2-9-22-38)56-52(57-47)39-23-10-3-11-24-39)35-45(49)55-59-53(40-25-12-4-13-26-40)58-54(60-55)41-27-14-5-15-28-41/h1-36H/i4D,5D,12D,13D,14D,15D,25D,26D,27D,28D. The van der Waals surface area contributed by atoms with E-state index in [1.807, 2.05) is 133 Å². The zero-order valence-corrected chi connectivity index (χ0v) is 32.2. The lowest BCUT2D eigenvalue weighted by molar-refractivity contribution is 1.06. The van der Waals surface area contributed by atoms with E-state index in [9.17, 15) is 0 Å². The largest absolute Gasteiger partial charge is 0.308 e. The van der Waals surface area contributed by atoms with Gasteiger partial charge in [-0.1, -0.05) is 188 Å². The molecule has 0 aliphatic heterocycles. The van der Waals surface area contributed by atoms with Gasteiger partial charge in [0.25, 0.3) is 0 Å². The molecule has 286 valence electrons. The summed E-state index contributed by atoms with van der Waals surface area (Å²) < 4.78 is 89.2. The summed E-state index contributed by atoms with van der Waals surface area (Å²) in [5, 5.41) is 1.92. The Hall–Kier alpha value is -8.35. The highest BCUT2D eigenvalue weighted by Crippen LogP contribution is 2.42. The average molecular weight is 791 g/mol. The number of hydrogen-bond acceptors (Lipinski definition) is 5. The Balaban J connectivity index is 1.27. The lowest BCUT2D eigenvalue weighted by Gasteiger charge is -2.17. The highest BCUT2D eigenvalue weighted by molar-refractivity contribution is 6.16. The first-order valence-electron chi connectivity index (χ1n) is 24.5. The summed E-state index contributed by atoms with van der Waals surface area (Å²) in [6, 6.07) is 44.8. The van der Waals surface area contributed by atoms with Crippen LogP contribution in [0.3, 0.4) is 0 Å². The smallest absolute Gasteiger partial charge is 0.166 e. The predicted octanol–water partition coefficient (Wildman–Crippen LogP) is 13.4. The maximum atomic E-state index is 9.01. The Morgan fingerprint density at radius 2 is 0.869 bits per heavy atom. The van der Waals surface area contributed by atoms with Gasteiger partial charge < -0.3 is 4.57 Å². The fraction of sp³-hybridized carbons (Fsp3) is 0. The van der Waals surface area contributed by atoms with E-state index >= 15 is 0 Å². The lowest BCUT2D eigenvalue weighted by atomic mass is 9.99. The molecule has 0 aliphatic carbocycles. The SMILES string of the molecule is [2H]c1c([2H])c([2H])c(-c2nc(-c3cc(-c4cc(-c5ccccc5)nc(-c5ccccc5)n4)ccc3-n3c4ccccc4c4c(-c5ccccc5)cccc43)nc(-c3c([2H])c([2H])c([2H])c([2H])c3[2H])n2)c([2H])c1[2H]. The summed E-state index contributed by atoms with van der Waals surface area (Å²) in [5.74, 6) is -0.376. The number of benzene rings is 8. The molecule has 0 radical (unpaired) electrons. The van der Waals surface area contributed by atoms with E-state index in [-0.39, 0.29) is 28.6 Å². The predicted molar refractivity (Wildman–Crippen MR) is 248 cm³/mol. The van der Waals surface area contributed by atoms with Gasteiger partial charge in [-0.2, -0.15) is 0 Å². The molecule has 6 heteroatoms. The van der Waals surface area contributed by atoms with Crippen molar-refractivity contribution in [2.24, 2.45) is 0 Å². The van der Waals surface area contributed by atoms with Crippen molar-refractivity contribution in [2.75, 3.05) is 0 Å². The van der Waals surface area contributed by atoms with Crippen LogP contribution in [0.5, 0.6) is 0 Å². The van der Waals surface area contributed by atoms with Crippen molar-refractivity contribution in [2.45, 2.75) is 0 Å². The summed E-state index contributed by atoms with van der Waals surface area (Å²) in [6.07, 6.45) is 0. The van der Waals surface area contributed by atoms with Crippen molar-refractivity contribution < 1.29 is 13.7 Å². The average Bonchev–Trinajstić information content (AvgIpc) is 3.75. The van der Waals surface area contributed by atoms with Crippen LogP contribution in [0.15, 0.2) is 218 Å². The lowest BCUT2D eigenvalue weighted by Crippen LogP contribution is -2.04. The molecule has 0 saturated heterocycles. The van der Waals surface area contributed by atoms with Crippen molar-refractivity contribution in [3.63, 3.8) is 0 Å². The third-order valence-electron chi connectivity index (χ3n) is 10.5. The first kappa shape index (κ1) is 26.6. The molecule has 0 atom stereocenters. The van der Waals surface area contributed by atoms with E-state index in [1.54, 1.807) is 0 Å². The minimum absolute atomic E-state index is 0.0914. The van der Waals surface area contributed by atoms with Crippen LogP contribution in [0, 0.1) is 0 Å². The topological polar surface area (TPSA) is 69.4 Å². The number of para-hydroxylation sites is 1. The number of hydrogen-bond donors (Lipinski definition) is 0. The molecule has 11 aromatic rings. The molecule has 0 unspecified atom stereocenters. The van der Waals surface area contributed by atoms with Crippen LogP contribution in [0.25, 0.3) is 107 Å². The molecule has 0 spiro atoms. The Morgan fingerprint density at radius 3 is 1.52 bits per heavy atom. The highest BCUT2D eigenvalue weighted by Gasteiger charge is 2.22. The molecular formula is C55H36N6. The maximum Gasteiger partial charge on any atom is 0.166 e. The maximum absolute atomic E-state index is 9.01. The van der Waals surface area contributed by atoms with Crippen molar-refractivity contribution in [3.8, 4) is 84.9 Å². The molecule has 0 saturated carbocycles. The Labute approximate surface area is 367 Å². The first-order valence-corrected chi connectivity index (χ1v) is 19.5. The summed E-state index contributed by atoms with van der Waals surface area (Å²) in [7, 11) is 0. The molecule has 8 aromatic carbocycles. The number of nitrogens with zero attached hydrogens (tertiary/aromatic N) is 6. The fourth-order valence-corrected chi connectivity index (χ4v) is 7.72. The zero-order chi connectivity index (χ0) is 49.2.